The van der Waals surface area contributed by atoms with Crippen LogP contribution in [0.2, 0.25) is 0 Å². The predicted molar refractivity (Wildman–Crippen MR) is 95.6 cm³/mol. The van der Waals surface area contributed by atoms with E-state index in [1.165, 1.54) is 11.1 Å². The first-order chi connectivity index (χ1) is 10.5. The summed E-state index contributed by atoms with van der Waals surface area (Å²) in [4.78, 5) is 12.1. The number of thioether (sulfide) groups is 1. The molecule has 22 heavy (non-hydrogen) atoms. The van der Waals surface area contributed by atoms with Gasteiger partial charge in [0.25, 0.3) is 0 Å². The lowest BCUT2D eigenvalue weighted by atomic mass is 9.84. The third-order valence-electron chi connectivity index (χ3n) is 4.30. The second-order valence-electron chi connectivity index (χ2n) is 6.64. The number of benzene rings is 1. The molecule has 0 spiro atoms. The van der Waals surface area contributed by atoms with E-state index in [0.717, 1.165) is 24.5 Å². The van der Waals surface area contributed by atoms with Gasteiger partial charge < -0.3 is 10.6 Å². The first-order valence-corrected chi connectivity index (χ1v) is 9.34. The second-order valence-corrected chi connectivity index (χ2v) is 7.79. The van der Waals surface area contributed by atoms with Gasteiger partial charge in [-0.25, -0.2) is 0 Å². The molecule has 1 aromatic carbocycles. The number of nitrogens with one attached hydrogen (secondary N) is 2. The van der Waals surface area contributed by atoms with Crippen LogP contribution in [-0.2, 0) is 16.6 Å². The van der Waals surface area contributed by atoms with Crippen molar-refractivity contribution in [3.05, 3.63) is 35.4 Å². The Hall–Kier alpha value is -1.00. The molecule has 1 saturated heterocycles. The molecule has 1 atom stereocenters. The third-order valence-corrected chi connectivity index (χ3v) is 5.43. The second kappa shape index (κ2) is 8.02. The Bertz CT molecular complexity index is 478. The van der Waals surface area contributed by atoms with Crippen molar-refractivity contribution < 1.29 is 4.79 Å². The van der Waals surface area contributed by atoms with Crippen molar-refractivity contribution in [2.75, 3.05) is 24.6 Å². The van der Waals surface area contributed by atoms with Crippen molar-refractivity contribution in [3.8, 4) is 0 Å². The van der Waals surface area contributed by atoms with Gasteiger partial charge in [-0.3, -0.25) is 4.79 Å². The molecule has 1 unspecified atom stereocenters. The van der Waals surface area contributed by atoms with Crippen LogP contribution in [-0.4, -0.2) is 36.5 Å². The van der Waals surface area contributed by atoms with Crippen LogP contribution < -0.4 is 10.6 Å². The lowest BCUT2D eigenvalue weighted by molar-refractivity contribution is -0.121. The first kappa shape index (κ1) is 17.4. The van der Waals surface area contributed by atoms with E-state index in [2.05, 4.69) is 55.7 Å². The zero-order valence-electron chi connectivity index (χ0n) is 13.9. The summed E-state index contributed by atoms with van der Waals surface area (Å²) in [5, 5.41) is 6.52. The van der Waals surface area contributed by atoms with Crippen molar-refractivity contribution in [1.29, 1.82) is 0 Å². The van der Waals surface area contributed by atoms with Gasteiger partial charge in [0, 0.05) is 42.5 Å². The van der Waals surface area contributed by atoms with E-state index in [1.807, 2.05) is 11.8 Å². The van der Waals surface area contributed by atoms with Crippen LogP contribution in [0.4, 0.5) is 0 Å². The molecule has 0 radical (unpaired) electrons. The molecule has 0 aromatic heterocycles. The minimum absolute atomic E-state index is 0.0450. The van der Waals surface area contributed by atoms with E-state index in [9.17, 15) is 4.79 Å². The molecule has 1 amide bonds. The van der Waals surface area contributed by atoms with Crippen LogP contribution in [0.3, 0.4) is 0 Å². The monoisotopic (exact) mass is 320 g/mol. The Morgan fingerprint density at radius 2 is 2.09 bits per heavy atom. The molecule has 0 aliphatic carbocycles. The summed E-state index contributed by atoms with van der Waals surface area (Å²) in [5.74, 6) is 2.34. The molecule has 0 saturated carbocycles. The zero-order chi connectivity index (χ0) is 16.0. The van der Waals surface area contributed by atoms with Crippen LogP contribution in [0.1, 0.15) is 38.3 Å². The Morgan fingerprint density at radius 1 is 1.36 bits per heavy atom. The SMILES string of the molecule is CCc1ccc(C(C)(C)CNC(=O)CC2CSCCN2)cc1. The smallest absolute Gasteiger partial charge is 0.221 e. The Kier molecular flexibility index (Phi) is 6.33. The highest BCUT2D eigenvalue weighted by molar-refractivity contribution is 7.99. The van der Waals surface area contributed by atoms with Crippen molar-refractivity contribution in [1.82, 2.24) is 10.6 Å². The molecule has 1 aliphatic heterocycles. The maximum atomic E-state index is 12.1. The standard InChI is InChI=1S/C18H28N2OS/c1-4-14-5-7-15(8-6-14)18(2,3)13-20-17(21)11-16-12-22-10-9-19-16/h5-8,16,19H,4,9-13H2,1-3H3,(H,20,21). The fraction of sp³-hybridized carbons (Fsp3) is 0.611. The van der Waals surface area contributed by atoms with Gasteiger partial charge in [-0.15, -0.1) is 0 Å². The molecule has 1 aliphatic rings. The van der Waals surface area contributed by atoms with E-state index >= 15 is 0 Å². The van der Waals surface area contributed by atoms with Crippen LogP contribution in [0.25, 0.3) is 0 Å². The van der Waals surface area contributed by atoms with Crippen LogP contribution in [0.5, 0.6) is 0 Å². The maximum absolute atomic E-state index is 12.1. The summed E-state index contributed by atoms with van der Waals surface area (Å²) in [7, 11) is 0. The van der Waals surface area contributed by atoms with Gasteiger partial charge in [0.1, 0.15) is 0 Å². The normalized spacial score (nSPS) is 19.0. The summed E-state index contributed by atoms with van der Waals surface area (Å²) >= 11 is 1.93. The minimum Gasteiger partial charge on any atom is -0.355 e. The molecular formula is C18H28N2OS. The van der Waals surface area contributed by atoms with E-state index in [4.69, 9.17) is 0 Å². The summed E-state index contributed by atoms with van der Waals surface area (Å²) < 4.78 is 0. The van der Waals surface area contributed by atoms with Crippen LogP contribution >= 0.6 is 11.8 Å². The summed E-state index contributed by atoms with van der Waals surface area (Å²) in [6.07, 6.45) is 1.64. The number of carbonyl (C=O) groups excluding carboxylic acids is 1. The maximum Gasteiger partial charge on any atom is 0.221 e. The fourth-order valence-corrected chi connectivity index (χ4v) is 3.61. The van der Waals surface area contributed by atoms with Crippen LogP contribution in [0, 0.1) is 0 Å². The third kappa shape index (κ3) is 5.03. The minimum atomic E-state index is -0.0450. The van der Waals surface area contributed by atoms with Gasteiger partial charge in [-0.2, -0.15) is 11.8 Å². The highest BCUT2D eigenvalue weighted by Crippen LogP contribution is 2.23. The number of rotatable bonds is 6. The number of hydrogen-bond donors (Lipinski definition) is 2. The highest BCUT2D eigenvalue weighted by atomic mass is 32.2. The Labute approximate surface area is 138 Å². The molecule has 2 rings (SSSR count). The Morgan fingerprint density at radius 3 is 2.68 bits per heavy atom. The summed E-state index contributed by atoms with van der Waals surface area (Å²) in [6, 6.07) is 9.06. The van der Waals surface area contributed by atoms with Gasteiger partial charge >= 0.3 is 0 Å². The molecule has 1 aromatic rings. The zero-order valence-corrected chi connectivity index (χ0v) is 14.8. The van der Waals surface area contributed by atoms with E-state index in [0.29, 0.717) is 19.0 Å². The first-order valence-electron chi connectivity index (χ1n) is 8.18. The lowest BCUT2D eigenvalue weighted by Crippen LogP contribution is -2.43. The number of amides is 1. The topological polar surface area (TPSA) is 41.1 Å². The summed E-state index contributed by atoms with van der Waals surface area (Å²) in [6.45, 7) is 8.22. The number of carbonyl (C=O) groups is 1. The molecule has 1 fully saturated rings. The predicted octanol–water partition coefficient (Wildman–Crippen LogP) is 2.74. The lowest BCUT2D eigenvalue weighted by Gasteiger charge is -2.27. The molecule has 0 bridgehead atoms. The molecule has 4 heteroatoms. The molecule has 3 nitrogen and oxygen atoms in total. The number of aryl methyl sites for hydroxylation is 1. The largest absolute Gasteiger partial charge is 0.355 e. The Balaban J connectivity index is 1.83. The molecule has 122 valence electrons. The van der Waals surface area contributed by atoms with Gasteiger partial charge in [0.05, 0.1) is 0 Å². The van der Waals surface area contributed by atoms with E-state index in [1.54, 1.807) is 0 Å². The molecule has 2 N–H and O–H groups in total. The van der Waals surface area contributed by atoms with Gasteiger partial charge in [-0.1, -0.05) is 45.0 Å². The quantitative estimate of drug-likeness (QED) is 0.847. The van der Waals surface area contributed by atoms with Crippen molar-refractivity contribution >= 4 is 17.7 Å². The molecule has 1 heterocycles. The van der Waals surface area contributed by atoms with Gasteiger partial charge in [0.2, 0.25) is 5.91 Å². The van der Waals surface area contributed by atoms with Crippen molar-refractivity contribution in [3.63, 3.8) is 0 Å². The average Bonchev–Trinajstić information content (AvgIpc) is 2.54. The van der Waals surface area contributed by atoms with Gasteiger partial charge in [-0.05, 0) is 17.5 Å². The van der Waals surface area contributed by atoms with Gasteiger partial charge in [0.15, 0.2) is 0 Å². The summed E-state index contributed by atoms with van der Waals surface area (Å²) in [5.41, 5.74) is 2.58. The van der Waals surface area contributed by atoms with E-state index in [-0.39, 0.29) is 11.3 Å². The van der Waals surface area contributed by atoms with E-state index < -0.39 is 0 Å². The average molecular weight is 321 g/mol. The number of hydrogen-bond acceptors (Lipinski definition) is 3. The highest BCUT2D eigenvalue weighted by Gasteiger charge is 2.22. The molecular weight excluding hydrogens is 292 g/mol. The van der Waals surface area contributed by atoms with Crippen molar-refractivity contribution in [2.24, 2.45) is 0 Å². The fourth-order valence-electron chi connectivity index (χ4n) is 2.66. The van der Waals surface area contributed by atoms with Crippen molar-refractivity contribution in [2.45, 2.75) is 45.1 Å². The van der Waals surface area contributed by atoms with Crippen LogP contribution in [0.15, 0.2) is 24.3 Å².